The van der Waals surface area contributed by atoms with Crippen LogP contribution in [0.3, 0.4) is 0 Å². The summed E-state index contributed by atoms with van der Waals surface area (Å²) in [5, 5.41) is 16.3. The first-order valence-corrected chi connectivity index (χ1v) is 7.16. The van der Waals surface area contributed by atoms with Gasteiger partial charge in [-0.15, -0.1) is 0 Å². The summed E-state index contributed by atoms with van der Waals surface area (Å²) in [6.45, 7) is 5.97. The number of amides is 1. The van der Waals surface area contributed by atoms with E-state index in [9.17, 15) is 9.90 Å². The summed E-state index contributed by atoms with van der Waals surface area (Å²) in [7, 11) is 0. The van der Waals surface area contributed by atoms with Gasteiger partial charge in [-0.2, -0.15) is 10.1 Å². The highest BCUT2D eigenvalue weighted by Crippen LogP contribution is 2.11. The molecule has 1 amide bonds. The van der Waals surface area contributed by atoms with E-state index in [-0.39, 0.29) is 18.6 Å². The Morgan fingerprint density at radius 3 is 2.81 bits per heavy atom. The predicted molar refractivity (Wildman–Crippen MR) is 78.0 cm³/mol. The molecule has 0 aliphatic heterocycles. The van der Waals surface area contributed by atoms with Crippen LogP contribution in [0.25, 0.3) is 5.78 Å². The Hall–Kier alpha value is -2.02. The maximum absolute atomic E-state index is 12.4. The molecule has 1 unspecified atom stereocenters. The van der Waals surface area contributed by atoms with E-state index in [1.165, 1.54) is 12.5 Å². The van der Waals surface area contributed by atoms with Crippen LogP contribution in [0.15, 0.2) is 12.5 Å². The summed E-state index contributed by atoms with van der Waals surface area (Å²) >= 11 is 0. The van der Waals surface area contributed by atoms with E-state index >= 15 is 0 Å². The Balaban J connectivity index is 2.26. The molecule has 21 heavy (non-hydrogen) atoms. The van der Waals surface area contributed by atoms with Gasteiger partial charge in [0.25, 0.3) is 11.7 Å². The molecule has 2 rings (SSSR count). The molecule has 1 atom stereocenters. The SMILES string of the molecule is CCc1c(C(=O)NC(CO)CC(C)C)cnc2ncnn12. The number of nitrogens with one attached hydrogen (secondary N) is 1. The molecule has 0 aliphatic rings. The zero-order valence-corrected chi connectivity index (χ0v) is 12.6. The Morgan fingerprint density at radius 1 is 1.43 bits per heavy atom. The average Bonchev–Trinajstić information content (AvgIpc) is 2.93. The van der Waals surface area contributed by atoms with Crippen LogP contribution in [0.1, 0.15) is 43.2 Å². The Kier molecular flexibility index (Phi) is 4.85. The lowest BCUT2D eigenvalue weighted by Gasteiger charge is -2.19. The Bertz CT molecular complexity index is 623. The van der Waals surface area contributed by atoms with Crippen LogP contribution in [0.2, 0.25) is 0 Å². The zero-order valence-electron chi connectivity index (χ0n) is 12.6. The second-order valence-corrected chi connectivity index (χ2v) is 5.43. The summed E-state index contributed by atoms with van der Waals surface area (Å²) in [4.78, 5) is 20.6. The van der Waals surface area contributed by atoms with Crippen molar-refractivity contribution in [2.75, 3.05) is 6.61 Å². The van der Waals surface area contributed by atoms with Gasteiger partial charge in [-0.25, -0.2) is 9.50 Å². The minimum absolute atomic E-state index is 0.0790. The molecule has 2 aromatic rings. The molecule has 0 radical (unpaired) electrons. The number of hydrogen-bond acceptors (Lipinski definition) is 5. The smallest absolute Gasteiger partial charge is 0.255 e. The van der Waals surface area contributed by atoms with Crippen LogP contribution in [0.5, 0.6) is 0 Å². The van der Waals surface area contributed by atoms with Crippen molar-refractivity contribution in [2.24, 2.45) is 5.92 Å². The standard InChI is InChI=1S/C14H21N5O2/c1-4-12-11(6-15-14-16-8-17-19(12)14)13(21)18-10(7-20)5-9(2)3/h6,8-10,20H,4-5,7H2,1-3H3,(H,18,21). The van der Waals surface area contributed by atoms with Crippen molar-refractivity contribution in [3.63, 3.8) is 0 Å². The lowest BCUT2D eigenvalue weighted by Crippen LogP contribution is -2.39. The molecule has 2 N–H and O–H groups in total. The monoisotopic (exact) mass is 291 g/mol. The van der Waals surface area contributed by atoms with E-state index in [0.29, 0.717) is 23.7 Å². The molecule has 0 fully saturated rings. The first kappa shape index (κ1) is 15.4. The van der Waals surface area contributed by atoms with Crippen molar-refractivity contribution >= 4 is 11.7 Å². The minimum Gasteiger partial charge on any atom is -0.394 e. The average molecular weight is 291 g/mol. The second-order valence-electron chi connectivity index (χ2n) is 5.43. The van der Waals surface area contributed by atoms with Crippen molar-refractivity contribution < 1.29 is 9.90 Å². The fraction of sp³-hybridized carbons (Fsp3) is 0.571. The summed E-state index contributed by atoms with van der Waals surface area (Å²) in [6, 6.07) is -0.256. The first-order chi connectivity index (χ1) is 10.1. The van der Waals surface area contributed by atoms with Crippen LogP contribution in [-0.2, 0) is 6.42 Å². The van der Waals surface area contributed by atoms with E-state index < -0.39 is 0 Å². The molecule has 0 aromatic carbocycles. The maximum Gasteiger partial charge on any atom is 0.255 e. The number of hydrogen-bond donors (Lipinski definition) is 2. The van der Waals surface area contributed by atoms with Gasteiger partial charge in [0.2, 0.25) is 0 Å². The fourth-order valence-corrected chi connectivity index (χ4v) is 2.37. The molecule has 0 saturated carbocycles. The number of carbonyl (C=O) groups excluding carboxylic acids is 1. The van der Waals surface area contributed by atoms with Gasteiger partial charge in [-0.05, 0) is 18.8 Å². The zero-order chi connectivity index (χ0) is 15.4. The quantitative estimate of drug-likeness (QED) is 0.822. The van der Waals surface area contributed by atoms with Gasteiger partial charge in [-0.3, -0.25) is 4.79 Å². The molecule has 0 aliphatic carbocycles. The molecule has 2 heterocycles. The molecule has 0 saturated heterocycles. The van der Waals surface area contributed by atoms with E-state index in [1.54, 1.807) is 4.52 Å². The summed E-state index contributed by atoms with van der Waals surface area (Å²) in [5.41, 5.74) is 1.23. The Labute approximate surface area is 123 Å². The summed E-state index contributed by atoms with van der Waals surface area (Å²) < 4.78 is 1.57. The second kappa shape index (κ2) is 6.62. The number of rotatable bonds is 6. The number of fused-ring (bicyclic) bond motifs is 1. The van der Waals surface area contributed by atoms with Crippen molar-refractivity contribution in [1.82, 2.24) is 24.9 Å². The molecular weight excluding hydrogens is 270 g/mol. The van der Waals surface area contributed by atoms with E-state index in [0.717, 1.165) is 12.1 Å². The van der Waals surface area contributed by atoms with E-state index in [1.807, 2.05) is 6.92 Å². The molecule has 2 aromatic heterocycles. The minimum atomic E-state index is -0.256. The highest BCUT2D eigenvalue weighted by molar-refractivity contribution is 5.95. The van der Waals surface area contributed by atoms with Crippen molar-refractivity contribution in [3.05, 3.63) is 23.8 Å². The van der Waals surface area contributed by atoms with Gasteiger partial charge in [0.05, 0.1) is 23.9 Å². The fourth-order valence-electron chi connectivity index (χ4n) is 2.37. The number of aryl methyl sites for hydroxylation is 1. The number of aliphatic hydroxyl groups excluding tert-OH is 1. The van der Waals surface area contributed by atoms with E-state index in [2.05, 4.69) is 34.2 Å². The van der Waals surface area contributed by atoms with Crippen LogP contribution in [0, 0.1) is 5.92 Å². The molecule has 0 spiro atoms. The van der Waals surface area contributed by atoms with Crippen LogP contribution < -0.4 is 5.32 Å². The van der Waals surface area contributed by atoms with Crippen LogP contribution in [0.4, 0.5) is 0 Å². The van der Waals surface area contributed by atoms with Gasteiger partial charge in [0.15, 0.2) is 0 Å². The van der Waals surface area contributed by atoms with Gasteiger partial charge >= 0.3 is 0 Å². The van der Waals surface area contributed by atoms with Crippen molar-refractivity contribution in [2.45, 2.75) is 39.7 Å². The maximum atomic E-state index is 12.4. The summed E-state index contributed by atoms with van der Waals surface area (Å²) in [6.07, 6.45) is 4.29. The highest BCUT2D eigenvalue weighted by Gasteiger charge is 2.19. The van der Waals surface area contributed by atoms with Crippen LogP contribution >= 0.6 is 0 Å². The highest BCUT2D eigenvalue weighted by atomic mass is 16.3. The number of nitrogens with zero attached hydrogens (tertiary/aromatic N) is 4. The van der Waals surface area contributed by atoms with Gasteiger partial charge in [0.1, 0.15) is 6.33 Å². The largest absolute Gasteiger partial charge is 0.394 e. The van der Waals surface area contributed by atoms with Gasteiger partial charge in [0, 0.05) is 6.20 Å². The Morgan fingerprint density at radius 2 is 2.19 bits per heavy atom. The van der Waals surface area contributed by atoms with Gasteiger partial charge in [-0.1, -0.05) is 20.8 Å². The summed E-state index contributed by atoms with van der Waals surface area (Å²) in [5.74, 6) is 0.629. The number of aromatic nitrogens is 4. The molecular formula is C14H21N5O2. The normalized spacial score (nSPS) is 12.8. The number of aliphatic hydroxyl groups is 1. The predicted octanol–water partition coefficient (Wildman–Crippen LogP) is 0.823. The number of carbonyl (C=O) groups is 1. The third kappa shape index (κ3) is 3.36. The van der Waals surface area contributed by atoms with Gasteiger partial charge < -0.3 is 10.4 Å². The molecule has 114 valence electrons. The molecule has 7 nitrogen and oxygen atoms in total. The third-order valence-electron chi connectivity index (χ3n) is 3.30. The molecule has 0 bridgehead atoms. The van der Waals surface area contributed by atoms with E-state index in [4.69, 9.17) is 0 Å². The van der Waals surface area contributed by atoms with Crippen molar-refractivity contribution in [3.8, 4) is 0 Å². The lowest BCUT2D eigenvalue weighted by molar-refractivity contribution is 0.0906. The molecule has 7 heteroatoms. The topological polar surface area (TPSA) is 92.4 Å². The van der Waals surface area contributed by atoms with Crippen molar-refractivity contribution in [1.29, 1.82) is 0 Å². The van der Waals surface area contributed by atoms with Crippen LogP contribution in [-0.4, -0.2) is 43.2 Å². The first-order valence-electron chi connectivity index (χ1n) is 7.16. The third-order valence-corrected chi connectivity index (χ3v) is 3.30. The lowest BCUT2D eigenvalue weighted by atomic mass is 10.0.